The molecular formula is C25H16Cl4F3N3O2. The number of oxime groups is 1. The van der Waals surface area contributed by atoms with Gasteiger partial charge in [-0.05, 0) is 60.5 Å². The van der Waals surface area contributed by atoms with E-state index in [1.165, 1.54) is 24.4 Å². The molecule has 3 aromatic carbocycles. The van der Waals surface area contributed by atoms with Crippen molar-refractivity contribution in [2.75, 3.05) is 0 Å². The van der Waals surface area contributed by atoms with Crippen LogP contribution in [-0.4, -0.2) is 24.0 Å². The highest BCUT2D eigenvalue weighted by Crippen LogP contribution is 2.49. The van der Waals surface area contributed by atoms with Crippen molar-refractivity contribution in [3.63, 3.8) is 0 Å². The van der Waals surface area contributed by atoms with E-state index in [1.807, 2.05) is 0 Å². The number of benzene rings is 3. The van der Waals surface area contributed by atoms with Gasteiger partial charge in [-0.25, -0.2) is 5.43 Å². The number of halogens is 7. The Morgan fingerprint density at radius 2 is 1.70 bits per heavy atom. The Hall–Kier alpha value is -2.78. The number of carbonyl (C=O) groups excluding carboxylic acids is 1. The summed E-state index contributed by atoms with van der Waals surface area (Å²) >= 11 is 24.0. The van der Waals surface area contributed by atoms with E-state index in [1.54, 1.807) is 31.2 Å². The lowest BCUT2D eigenvalue weighted by Gasteiger charge is -2.29. The van der Waals surface area contributed by atoms with E-state index in [2.05, 4.69) is 15.7 Å². The van der Waals surface area contributed by atoms with Crippen LogP contribution in [0.3, 0.4) is 0 Å². The lowest BCUT2D eigenvalue weighted by molar-refractivity contribution is -0.275. The summed E-state index contributed by atoms with van der Waals surface area (Å²) < 4.78 is 42.7. The van der Waals surface area contributed by atoms with Gasteiger partial charge in [-0.1, -0.05) is 63.7 Å². The van der Waals surface area contributed by atoms with Crippen molar-refractivity contribution in [1.82, 2.24) is 5.43 Å². The fourth-order valence-electron chi connectivity index (χ4n) is 3.79. The zero-order chi connectivity index (χ0) is 27.0. The molecule has 0 aliphatic carbocycles. The molecule has 12 heteroatoms. The molecule has 1 atom stereocenters. The topological polar surface area (TPSA) is 63.0 Å². The molecular weight excluding hydrogens is 573 g/mol. The number of hydrazone groups is 1. The third-order valence-corrected chi connectivity index (χ3v) is 6.77. The maximum Gasteiger partial charge on any atom is 0.435 e. The van der Waals surface area contributed by atoms with Gasteiger partial charge in [-0.15, -0.1) is 0 Å². The Bertz CT molecular complexity index is 1400. The van der Waals surface area contributed by atoms with Gasteiger partial charge in [0.1, 0.15) is 0 Å². The first-order valence-corrected chi connectivity index (χ1v) is 12.1. The maximum atomic E-state index is 14.2. The Kier molecular flexibility index (Phi) is 7.76. The molecule has 1 aliphatic heterocycles. The zero-order valence-electron chi connectivity index (χ0n) is 18.8. The standard InChI is InChI=1S/C25H16Cl4F3N3O2/c1-13-7-14(5-6-18(13)23(36)34-33-12-19-20(28)3-2-4-21(19)29)22-11-24(37-35-22,25(30,31)32)15-8-16(26)10-17(27)9-15/h2-10,12H,11H2,1H3,(H,34,36). The first-order valence-electron chi connectivity index (χ1n) is 10.6. The average molecular weight is 589 g/mol. The maximum absolute atomic E-state index is 14.2. The third kappa shape index (κ3) is 5.57. The molecule has 1 unspecified atom stereocenters. The quantitative estimate of drug-likeness (QED) is 0.243. The normalized spacial score (nSPS) is 17.6. The minimum Gasteiger partial charge on any atom is -0.374 e. The van der Waals surface area contributed by atoms with Gasteiger partial charge in [0, 0.05) is 33.2 Å². The molecule has 0 fully saturated rings. The highest BCUT2D eigenvalue weighted by molar-refractivity contribution is 6.38. The molecule has 37 heavy (non-hydrogen) atoms. The molecule has 192 valence electrons. The second-order valence-electron chi connectivity index (χ2n) is 8.15. The SMILES string of the molecule is Cc1cc(C2=NOC(c3cc(Cl)cc(Cl)c3)(C(F)(F)F)C2)ccc1C(=O)NN=Cc1c(Cl)cccc1Cl. The molecule has 0 aromatic heterocycles. The van der Waals surface area contributed by atoms with Crippen LogP contribution >= 0.6 is 46.4 Å². The van der Waals surface area contributed by atoms with Crippen molar-refractivity contribution in [2.45, 2.75) is 25.1 Å². The van der Waals surface area contributed by atoms with Crippen molar-refractivity contribution in [1.29, 1.82) is 0 Å². The van der Waals surface area contributed by atoms with Crippen LogP contribution in [0.4, 0.5) is 13.2 Å². The Morgan fingerprint density at radius 1 is 1.05 bits per heavy atom. The molecule has 0 spiro atoms. The largest absolute Gasteiger partial charge is 0.435 e. The predicted octanol–water partition coefficient (Wildman–Crippen LogP) is 7.95. The number of rotatable bonds is 5. The Balaban J connectivity index is 1.54. The van der Waals surface area contributed by atoms with Crippen molar-refractivity contribution in [3.8, 4) is 0 Å². The third-order valence-electron chi connectivity index (χ3n) is 5.68. The van der Waals surface area contributed by atoms with E-state index in [0.29, 0.717) is 26.7 Å². The fourth-order valence-corrected chi connectivity index (χ4v) is 4.81. The zero-order valence-corrected chi connectivity index (χ0v) is 21.9. The fraction of sp³-hybridized carbons (Fsp3) is 0.160. The van der Waals surface area contributed by atoms with Gasteiger partial charge in [0.2, 0.25) is 0 Å². The molecule has 0 radical (unpaired) electrons. The molecule has 5 nitrogen and oxygen atoms in total. The minimum absolute atomic E-state index is 0.0360. The molecule has 0 saturated heterocycles. The molecule has 1 N–H and O–H groups in total. The number of nitrogens with zero attached hydrogens (tertiary/aromatic N) is 2. The van der Waals surface area contributed by atoms with Crippen LogP contribution in [0.2, 0.25) is 20.1 Å². The van der Waals surface area contributed by atoms with E-state index in [0.717, 1.165) is 12.1 Å². The van der Waals surface area contributed by atoms with Crippen molar-refractivity contribution in [3.05, 3.63) is 103 Å². The van der Waals surface area contributed by atoms with Crippen molar-refractivity contribution in [2.24, 2.45) is 10.3 Å². The summed E-state index contributed by atoms with van der Waals surface area (Å²) in [5.41, 5.74) is 0.955. The molecule has 1 heterocycles. The Morgan fingerprint density at radius 3 is 2.30 bits per heavy atom. The number of hydrogen-bond donors (Lipinski definition) is 1. The lowest BCUT2D eigenvalue weighted by atomic mass is 9.86. The van der Waals surface area contributed by atoms with Crippen LogP contribution in [0.25, 0.3) is 0 Å². The number of hydrogen-bond acceptors (Lipinski definition) is 4. The summed E-state index contributed by atoms with van der Waals surface area (Å²) in [6.07, 6.45) is -4.11. The second-order valence-corrected chi connectivity index (χ2v) is 9.84. The molecule has 4 rings (SSSR count). The van der Waals surface area contributed by atoms with E-state index < -0.39 is 24.1 Å². The first kappa shape index (κ1) is 27.3. The van der Waals surface area contributed by atoms with Crippen LogP contribution in [0.5, 0.6) is 0 Å². The van der Waals surface area contributed by atoms with E-state index in [9.17, 15) is 18.0 Å². The monoisotopic (exact) mass is 587 g/mol. The summed E-state index contributed by atoms with van der Waals surface area (Å²) in [4.78, 5) is 17.6. The lowest BCUT2D eigenvalue weighted by Crippen LogP contribution is -2.42. The minimum atomic E-state index is -4.82. The number of amides is 1. The molecule has 3 aromatic rings. The first-order chi connectivity index (χ1) is 17.4. The van der Waals surface area contributed by atoms with Gasteiger partial charge in [0.05, 0.1) is 22.0 Å². The van der Waals surface area contributed by atoms with Gasteiger partial charge in [0.25, 0.3) is 11.5 Å². The van der Waals surface area contributed by atoms with Crippen molar-refractivity contribution >= 4 is 64.2 Å². The van der Waals surface area contributed by atoms with E-state index >= 15 is 0 Å². The summed E-state index contributed by atoms with van der Waals surface area (Å²) in [5, 5.41) is 8.42. The summed E-state index contributed by atoms with van der Waals surface area (Å²) in [6.45, 7) is 1.64. The van der Waals surface area contributed by atoms with Crippen LogP contribution < -0.4 is 5.43 Å². The summed E-state index contributed by atoms with van der Waals surface area (Å²) in [5.74, 6) is -0.536. The molecule has 1 amide bonds. The molecule has 0 bridgehead atoms. The smallest absolute Gasteiger partial charge is 0.374 e. The van der Waals surface area contributed by atoms with Crippen molar-refractivity contribution < 1.29 is 22.8 Å². The number of aryl methyl sites for hydroxylation is 1. The van der Waals surface area contributed by atoms with Crippen LogP contribution in [0, 0.1) is 6.92 Å². The summed E-state index contributed by atoms with van der Waals surface area (Å²) in [6, 6.07) is 13.0. The Labute approximate surface area is 229 Å². The highest BCUT2D eigenvalue weighted by atomic mass is 35.5. The van der Waals surface area contributed by atoms with Crippen LogP contribution in [0.15, 0.2) is 64.9 Å². The summed E-state index contributed by atoms with van der Waals surface area (Å²) in [7, 11) is 0. The van der Waals surface area contributed by atoms with E-state index in [4.69, 9.17) is 51.2 Å². The number of nitrogens with one attached hydrogen (secondary N) is 1. The van der Waals surface area contributed by atoms with Gasteiger partial charge in [-0.2, -0.15) is 18.3 Å². The van der Waals surface area contributed by atoms with Gasteiger partial charge in [0.15, 0.2) is 0 Å². The second kappa shape index (κ2) is 10.5. The van der Waals surface area contributed by atoms with Gasteiger partial charge < -0.3 is 4.84 Å². The average Bonchev–Trinajstić information content (AvgIpc) is 3.27. The predicted molar refractivity (Wildman–Crippen MR) is 139 cm³/mol. The number of carbonyl (C=O) groups is 1. The van der Waals surface area contributed by atoms with Crippen LogP contribution in [-0.2, 0) is 10.4 Å². The highest BCUT2D eigenvalue weighted by Gasteiger charge is 2.62. The van der Waals surface area contributed by atoms with Gasteiger partial charge >= 0.3 is 6.18 Å². The number of alkyl halides is 3. The van der Waals surface area contributed by atoms with Gasteiger partial charge in [-0.3, -0.25) is 4.79 Å². The molecule has 1 aliphatic rings. The molecule has 0 saturated carbocycles. The van der Waals surface area contributed by atoms with E-state index in [-0.39, 0.29) is 26.9 Å². The van der Waals surface area contributed by atoms with Crippen LogP contribution in [0.1, 0.15) is 39.0 Å².